The average Bonchev–Trinajstić information content (AvgIpc) is 3.80. The number of aliphatic carboxylic acids is 1. The van der Waals surface area contributed by atoms with Crippen LogP contribution in [0.15, 0.2) is 0 Å². The topological polar surface area (TPSA) is 270 Å². The lowest BCUT2D eigenvalue weighted by Gasteiger charge is -2.32. The van der Waals surface area contributed by atoms with Crippen molar-refractivity contribution in [3.8, 4) is 0 Å². The summed E-state index contributed by atoms with van der Waals surface area (Å²) in [7, 11) is 0. The van der Waals surface area contributed by atoms with E-state index in [1.54, 1.807) is 13.8 Å². The van der Waals surface area contributed by atoms with E-state index in [-0.39, 0.29) is 42.9 Å². The molecule has 9 N–H and O–H groups in total. The first kappa shape index (κ1) is 44.5. The highest BCUT2D eigenvalue weighted by molar-refractivity contribution is 7.80. The van der Waals surface area contributed by atoms with Gasteiger partial charge in [-0.15, -0.1) is 0 Å². The van der Waals surface area contributed by atoms with Gasteiger partial charge in [0.2, 0.25) is 41.4 Å². The Hall–Kier alpha value is -3.62. The van der Waals surface area contributed by atoms with Crippen LogP contribution < -0.4 is 32.3 Å². The molecule has 2 saturated heterocycles. The Balaban J connectivity index is 2.04. The monoisotopic (exact) mass is 774 g/mol. The second kappa shape index (κ2) is 21.2. The first-order chi connectivity index (χ1) is 24.5. The molecule has 2 aliphatic heterocycles. The summed E-state index contributed by atoms with van der Waals surface area (Å²) in [6, 6.07) is -7.68. The Labute approximate surface area is 314 Å². The number of carbonyl (C=O) groups is 8. The van der Waals surface area contributed by atoms with Gasteiger partial charge in [0.25, 0.3) is 0 Å². The van der Waals surface area contributed by atoms with E-state index in [0.717, 1.165) is 0 Å². The average molecular weight is 775 g/mol. The van der Waals surface area contributed by atoms with Crippen LogP contribution in [0.4, 0.5) is 0 Å². The molecule has 294 valence electrons. The third kappa shape index (κ3) is 12.5. The molecule has 0 unspecified atom stereocenters. The minimum Gasteiger partial charge on any atom is -0.480 e. The van der Waals surface area contributed by atoms with Gasteiger partial charge in [0, 0.05) is 24.6 Å². The SMILES string of the molecule is CC(C)C[C@H](NC(=O)[C@H](CS)NC(=O)CNC(=O)[C@H](CO)NC(=O)[C@@H](N)C(C)C)C(=O)N[C@@H](CS)C(=O)N1CCC[C@H]1C(=O)N1CCC[C@H]1C(=O)O. The van der Waals surface area contributed by atoms with Gasteiger partial charge in [-0.3, -0.25) is 33.6 Å². The molecule has 2 aliphatic rings. The predicted molar refractivity (Wildman–Crippen MR) is 195 cm³/mol. The number of nitrogens with one attached hydrogen (secondary N) is 5. The van der Waals surface area contributed by atoms with Gasteiger partial charge >= 0.3 is 5.97 Å². The number of carbonyl (C=O) groups excluding carboxylic acids is 7. The van der Waals surface area contributed by atoms with E-state index >= 15 is 0 Å². The van der Waals surface area contributed by atoms with Crippen molar-refractivity contribution in [1.29, 1.82) is 0 Å². The van der Waals surface area contributed by atoms with E-state index in [1.165, 1.54) is 9.80 Å². The highest BCUT2D eigenvalue weighted by Crippen LogP contribution is 2.25. The molecule has 2 fully saturated rings. The lowest BCUT2D eigenvalue weighted by Crippen LogP contribution is -2.60. The van der Waals surface area contributed by atoms with Crippen molar-refractivity contribution in [2.75, 3.05) is 37.7 Å². The van der Waals surface area contributed by atoms with Gasteiger partial charge in [-0.1, -0.05) is 27.7 Å². The highest BCUT2D eigenvalue weighted by atomic mass is 32.1. The van der Waals surface area contributed by atoms with Gasteiger partial charge in [-0.05, 0) is 43.9 Å². The fourth-order valence-corrected chi connectivity index (χ4v) is 6.40. The molecule has 0 saturated carbocycles. The maximum atomic E-state index is 13.6. The number of rotatable bonds is 19. The third-order valence-electron chi connectivity index (χ3n) is 8.87. The van der Waals surface area contributed by atoms with Gasteiger partial charge in [0.15, 0.2) is 0 Å². The summed E-state index contributed by atoms with van der Waals surface area (Å²) in [6.45, 7) is 6.19. The second-order valence-electron chi connectivity index (χ2n) is 13.7. The summed E-state index contributed by atoms with van der Waals surface area (Å²) in [6.07, 6.45) is 1.88. The van der Waals surface area contributed by atoms with Gasteiger partial charge in [-0.2, -0.15) is 25.3 Å². The van der Waals surface area contributed by atoms with Crippen molar-refractivity contribution in [3.63, 3.8) is 0 Å². The van der Waals surface area contributed by atoms with Gasteiger partial charge in [0.1, 0.15) is 36.3 Å². The quantitative estimate of drug-likeness (QED) is 0.0591. The van der Waals surface area contributed by atoms with Crippen molar-refractivity contribution in [1.82, 2.24) is 36.4 Å². The van der Waals surface area contributed by atoms with E-state index < -0.39 is 103 Å². The lowest BCUT2D eigenvalue weighted by molar-refractivity contribution is -0.152. The molecule has 7 amide bonds. The van der Waals surface area contributed by atoms with Gasteiger partial charge in [-0.25, -0.2) is 4.79 Å². The van der Waals surface area contributed by atoms with Crippen molar-refractivity contribution >= 4 is 72.6 Å². The summed E-state index contributed by atoms with van der Waals surface area (Å²) >= 11 is 8.41. The van der Waals surface area contributed by atoms with E-state index in [0.29, 0.717) is 25.7 Å². The van der Waals surface area contributed by atoms with Crippen LogP contribution in [-0.2, 0) is 38.4 Å². The van der Waals surface area contributed by atoms with Crippen LogP contribution in [0.3, 0.4) is 0 Å². The van der Waals surface area contributed by atoms with Gasteiger partial charge < -0.3 is 52.3 Å². The van der Waals surface area contributed by atoms with E-state index in [9.17, 15) is 48.6 Å². The Morgan fingerprint density at radius 2 is 1.27 bits per heavy atom. The van der Waals surface area contributed by atoms with Crippen LogP contribution in [0.5, 0.6) is 0 Å². The van der Waals surface area contributed by atoms with Crippen LogP contribution in [0.2, 0.25) is 0 Å². The van der Waals surface area contributed by atoms with Gasteiger partial charge in [0.05, 0.1) is 19.2 Å². The molecule has 20 heteroatoms. The van der Waals surface area contributed by atoms with Crippen molar-refractivity contribution < 1.29 is 48.6 Å². The summed E-state index contributed by atoms with van der Waals surface area (Å²) in [5.74, 6) is -6.54. The third-order valence-corrected chi connectivity index (χ3v) is 9.60. The van der Waals surface area contributed by atoms with Crippen LogP contribution in [-0.4, -0.2) is 147 Å². The zero-order chi connectivity index (χ0) is 39.3. The van der Waals surface area contributed by atoms with Crippen molar-refractivity contribution in [2.24, 2.45) is 17.6 Å². The molecule has 0 aromatic heterocycles. The maximum Gasteiger partial charge on any atom is 0.326 e. The molecule has 52 heavy (non-hydrogen) atoms. The van der Waals surface area contributed by atoms with Crippen molar-refractivity contribution in [2.45, 2.75) is 102 Å². The molecule has 18 nitrogen and oxygen atoms in total. The van der Waals surface area contributed by atoms with Crippen LogP contribution in [0.25, 0.3) is 0 Å². The van der Waals surface area contributed by atoms with E-state index in [2.05, 4.69) is 51.8 Å². The number of nitrogens with two attached hydrogens (primary N) is 1. The second-order valence-corrected chi connectivity index (χ2v) is 14.4. The number of thiol groups is 2. The first-order valence-electron chi connectivity index (χ1n) is 17.4. The number of likely N-dealkylation sites (tertiary alicyclic amines) is 2. The number of carboxylic acid groups (broad SMARTS) is 1. The first-order valence-corrected chi connectivity index (χ1v) is 18.6. The predicted octanol–water partition coefficient (Wildman–Crippen LogP) is -3.01. The Morgan fingerprint density at radius 3 is 1.81 bits per heavy atom. The number of aliphatic hydroxyl groups excluding tert-OH is 1. The largest absolute Gasteiger partial charge is 0.480 e. The van der Waals surface area contributed by atoms with Crippen LogP contribution in [0, 0.1) is 11.8 Å². The molecule has 2 heterocycles. The molecular formula is C32H54N8O10S2. The molecular weight excluding hydrogens is 721 g/mol. The minimum absolute atomic E-state index is 0.0984. The molecule has 2 rings (SSSR count). The molecule has 0 radical (unpaired) electrons. The number of amides is 7. The molecule has 0 spiro atoms. The van der Waals surface area contributed by atoms with E-state index in [4.69, 9.17) is 5.73 Å². The smallest absolute Gasteiger partial charge is 0.326 e. The maximum absolute atomic E-state index is 13.6. The molecule has 0 bridgehead atoms. The zero-order valence-electron chi connectivity index (χ0n) is 30.0. The fourth-order valence-electron chi connectivity index (χ4n) is 5.89. The summed E-state index contributed by atoms with van der Waals surface area (Å²) in [5.41, 5.74) is 5.77. The van der Waals surface area contributed by atoms with Crippen LogP contribution in [0.1, 0.15) is 59.8 Å². The molecule has 0 aliphatic carbocycles. The Bertz CT molecular complexity index is 1320. The summed E-state index contributed by atoms with van der Waals surface area (Å²) in [4.78, 5) is 105. The Kier molecular flexibility index (Phi) is 18.1. The number of hydrogen-bond donors (Lipinski definition) is 10. The zero-order valence-corrected chi connectivity index (χ0v) is 31.8. The summed E-state index contributed by atoms with van der Waals surface area (Å²) in [5, 5.41) is 31.3. The van der Waals surface area contributed by atoms with Crippen LogP contribution >= 0.6 is 25.3 Å². The normalized spacial score (nSPS) is 20.0. The van der Waals surface area contributed by atoms with E-state index in [1.807, 2.05) is 13.8 Å². The summed E-state index contributed by atoms with van der Waals surface area (Å²) < 4.78 is 0. The highest BCUT2D eigenvalue weighted by Gasteiger charge is 2.43. The van der Waals surface area contributed by atoms with Crippen molar-refractivity contribution in [3.05, 3.63) is 0 Å². The number of nitrogens with zero attached hydrogens (tertiary/aromatic N) is 2. The number of aliphatic hydroxyl groups is 1. The standard InChI is InChI=1S/C32H54N8O10S2/c1-16(2)11-18(36-28(45)20(14-51)35-24(42)12-34-26(43)19(13-41)37-29(46)25(33)17(3)4)27(44)38-21(15-52)30(47)39-9-5-7-22(39)31(48)40-10-6-8-23(40)32(49)50/h16-23,25,41,51-52H,5-15,33H2,1-4H3,(H,34,43)(H,35,42)(H,36,45)(H,37,46)(H,38,44)(H,49,50)/t18-,19-,20-,21-,22-,23-,25-/m0/s1. The lowest BCUT2D eigenvalue weighted by atomic mass is 10.0. The Morgan fingerprint density at radius 1 is 0.731 bits per heavy atom. The molecule has 0 aromatic rings. The molecule has 0 aromatic carbocycles. The molecule has 7 atom stereocenters. The minimum atomic E-state index is -1.37. The number of carboxylic acids is 1. The fraction of sp³-hybridized carbons (Fsp3) is 0.750. The number of hydrogen-bond acceptors (Lipinski definition) is 12.